The van der Waals surface area contributed by atoms with E-state index in [1.54, 1.807) is 0 Å². The van der Waals surface area contributed by atoms with Crippen LogP contribution < -0.4 is 10.2 Å². The number of para-hydroxylation sites is 1. The molecule has 1 saturated heterocycles. The average Bonchev–Trinajstić information content (AvgIpc) is 3.11. The molecule has 4 rings (SSSR count). The molecule has 1 fully saturated rings. The number of amidine groups is 1. The van der Waals surface area contributed by atoms with E-state index in [9.17, 15) is 9.18 Å². The van der Waals surface area contributed by atoms with Gasteiger partial charge in [-0.25, -0.2) is 4.39 Å². The Kier molecular flexibility index (Phi) is 3.58. The number of halogens is 2. The summed E-state index contributed by atoms with van der Waals surface area (Å²) in [6.45, 7) is 0. The molecule has 24 heavy (non-hydrogen) atoms. The fraction of sp³-hybridized carbons (Fsp3) is 0.0588. The van der Waals surface area contributed by atoms with Crippen LogP contribution in [0.3, 0.4) is 0 Å². The van der Waals surface area contributed by atoms with Crippen LogP contribution >= 0.6 is 23.4 Å². The van der Waals surface area contributed by atoms with E-state index in [-0.39, 0.29) is 23.2 Å². The number of nitrogens with zero attached hydrogens (tertiary/aromatic N) is 1. The molecule has 7 heteroatoms. The lowest BCUT2D eigenvalue weighted by atomic mass is 10.2. The molecule has 2 aliphatic rings. The molecule has 0 atom stereocenters. The second-order valence-corrected chi connectivity index (χ2v) is 6.84. The monoisotopic (exact) mass is 359 g/mol. The molecule has 2 N–H and O–H groups in total. The number of hydrogen-bond acceptors (Lipinski definition) is 4. The first-order chi connectivity index (χ1) is 11.5. The van der Waals surface area contributed by atoms with Crippen LogP contribution in [-0.4, -0.2) is 11.7 Å². The van der Waals surface area contributed by atoms with Gasteiger partial charge in [0.05, 0.1) is 27.8 Å². The van der Waals surface area contributed by atoms with E-state index in [1.165, 1.54) is 34.9 Å². The van der Waals surface area contributed by atoms with Crippen molar-refractivity contribution in [1.82, 2.24) is 0 Å². The number of amides is 1. The summed E-state index contributed by atoms with van der Waals surface area (Å²) in [5.41, 5.74) is 1.99. The third-order valence-electron chi connectivity index (χ3n) is 3.87. The van der Waals surface area contributed by atoms with E-state index in [1.807, 2.05) is 24.3 Å². The van der Waals surface area contributed by atoms with Crippen molar-refractivity contribution in [3.8, 4) is 0 Å². The summed E-state index contributed by atoms with van der Waals surface area (Å²) >= 11 is 7.30. The highest BCUT2D eigenvalue weighted by Crippen LogP contribution is 2.44. The highest BCUT2D eigenvalue weighted by molar-refractivity contribution is 8.03. The van der Waals surface area contributed by atoms with Crippen molar-refractivity contribution in [3.63, 3.8) is 0 Å². The zero-order chi connectivity index (χ0) is 16.8. The van der Waals surface area contributed by atoms with E-state index < -0.39 is 5.82 Å². The molecule has 0 bridgehead atoms. The van der Waals surface area contributed by atoms with Crippen molar-refractivity contribution in [2.24, 2.45) is 0 Å². The van der Waals surface area contributed by atoms with Gasteiger partial charge in [-0.1, -0.05) is 35.5 Å². The summed E-state index contributed by atoms with van der Waals surface area (Å²) in [6, 6.07) is 11.8. The number of thioether (sulfide) groups is 1. The van der Waals surface area contributed by atoms with E-state index in [4.69, 9.17) is 17.0 Å². The van der Waals surface area contributed by atoms with Crippen LogP contribution in [0.2, 0.25) is 5.02 Å². The molecule has 2 heterocycles. The highest BCUT2D eigenvalue weighted by atomic mass is 35.5. The Morgan fingerprint density at radius 2 is 2.04 bits per heavy atom. The lowest BCUT2D eigenvalue weighted by molar-refractivity contribution is -0.116. The van der Waals surface area contributed by atoms with Gasteiger partial charge in [0.15, 0.2) is 0 Å². The maximum Gasteiger partial charge on any atom is 0.237 e. The fourth-order valence-corrected chi connectivity index (χ4v) is 3.94. The van der Waals surface area contributed by atoms with Crippen LogP contribution in [0.4, 0.5) is 15.8 Å². The van der Waals surface area contributed by atoms with Gasteiger partial charge in [-0.15, -0.1) is 0 Å². The van der Waals surface area contributed by atoms with Gasteiger partial charge >= 0.3 is 0 Å². The van der Waals surface area contributed by atoms with Gasteiger partial charge in [0.1, 0.15) is 11.7 Å². The Morgan fingerprint density at radius 3 is 2.79 bits per heavy atom. The number of hydrogen-bond donors (Lipinski definition) is 2. The van der Waals surface area contributed by atoms with Gasteiger partial charge < -0.3 is 5.32 Å². The van der Waals surface area contributed by atoms with Crippen molar-refractivity contribution in [2.75, 3.05) is 10.2 Å². The predicted octanol–water partition coefficient (Wildman–Crippen LogP) is 4.62. The standard InChI is InChI=1S/C17H11ClFN3OS/c18-11-7-9(5-6-12(11)19)22-15(23)8-10(16(22)20)17-21-13-3-1-2-4-14(13)24-17/h1-7,20-21H,8H2/b17-10+,20-16?. The molecule has 0 spiro atoms. The molecule has 1 amide bonds. The Bertz CT molecular complexity index is 901. The number of carbonyl (C=O) groups is 1. The van der Waals surface area contributed by atoms with Crippen LogP contribution in [0.15, 0.2) is 58.0 Å². The molecule has 0 aromatic heterocycles. The van der Waals surface area contributed by atoms with Crippen molar-refractivity contribution < 1.29 is 9.18 Å². The highest BCUT2D eigenvalue weighted by Gasteiger charge is 2.36. The number of rotatable bonds is 1. The number of fused-ring (bicyclic) bond motifs is 1. The van der Waals surface area contributed by atoms with Crippen molar-refractivity contribution >= 4 is 46.5 Å². The molecule has 120 valence electrons. The van der Waals surface area contributed by atoms with E-state index in [0.29, 0.717) is 11.3 Å². The number of carbonyl (C=O) groups excluding carboxylic acids is 1. The van der Waals surface area contributed by atoms with Gasteiger partial charge in [-0.3, -0.25) is 15.1 Å². The summed E-state index contributed by atoms with van der Waals surface area (Å²) < 4.78 is 13.3. The number of nitrogens with one attached hydrogen (secondary N) is 2. The molecular formula is C17H11ClFN3OS. The summed E-state index contributed by atoms with van der Waals surface area (Å²) in [5, 5.41) is 12.3. The molecule has 4 nitrogen and oxygen atoms in total. The maximum absolute atomic E-state index is 13.3. The summed E-state index contributed by atoms with van der Waals surface area (Å²) in [4.78, 5) is 14.7. The average molecular weight is 360 g/mol. The molecule has 2 aromatic rings. The van der Waals surface area contributed by atoms with E-state index in [0.717, 1.165) is 15.6 Å². The molecule has 0 radical (unpaired) electrons. The minimum Gasteiger partial charge on any atom is -0.349 e. The largest absolute Gasteiger partial charge is 0.349 e. The normalized spacial score (nSPS) is 19.7. The minimum absolute atomic E-state index is 0.0741. The molecule has 2 aromatic carbocycles. The first kappa shape index (κ1) is 15.2. The molecule has 2 aliphatic heterocycles. The Morgan fingerprint density at radius 1 is 1.25 bits per heavy atom. The van der Waals surface area contributed by atoms with Crippen molar-refractivity contribution in [2.45, 2.75) is 11.3 Å². The van der Waals surface area contributed by atoms with Gasteiger partial charge in [-0.2, -0.15) is 0 Å². The van der Waals surface area contributed by atoms with Gasteiger partial charge in [0.2, 0.25) is 5.91 Å². The Balaban J connectivity index is 1.70. The molecule has 0 unspecified atom stereocenters. The SMILES string of the molecule is N=C1/C(=C2\Nc3ccccc3S2)CC(=O)N1c1ccc(F)c(Cl)c1. The summed E-state index contributed by atoms with van der Waals surface area (Å²) in [5.74, 6) is -0.699. The van der Waals surface area contributed by atoms with Crippen LogP contribution in [-0.2, 0) is 4.79 Å². The second kappa shape index (κ2) is 5.65. The Hall–Kier alpha value is -2.31. The minimum atomic E-state index is -0.555. The van der Waals surface area contributed by atoms with Crippen LogP contribution in [0.25, 0.3) is 0 Å². The van der Waals surface area contributed by atoms with E-state index >= 15 is 0 Å². The topological polar surface area (TPSA) is 56.2 Å². The van der Waals surface area contributed by atoms with E-state index in [2.05, 4.69) is 5.32 Å². The smallest absolute Gasteiger partial charge is 0.237 e. The first-order valence-electron chi connectivity index (χ1n) is 7.18. The van der Waals surface area contributed by atoms with Crippen molar-refractivity contribution in [1.29, 1.82) is 5.41 Å². The predicted molar refractivity (Wildman–Crippen MR) is 94.2 cm³/mol. The number of benzene rings is 2. The zero-order valence-electron chi connectivity index (χ0n) is 12.3. The van der Waals surface area contributed by atoms with Crippen molar-refractivity contribution in [3.05, 3.63) is 63.9 Å². The zero-order valence-corrected chi connectivity index (χ0v) is 13.8. The van der Waals surface area contributed by atoms with Gasteiger partial charge in [-0.05, 0) is 30.3 Å². The third-order valence-corrected chi connectivity index (χ3v) is 5.29. The quantitative estimate of drug-likeness (QED) is 0.781. The lowest BCUT2D eigenvalue weighted by Crippen LogP contribution is -2.28. The second-order valence-electron chi connectivity index (χ2n) is 5.38. The van der Waals surface area contributed by atoms with Crippen LogP contribution in [0.5, 0.6) is 0 Å². The summed E-state index contributed by atoms with van der Waals surface area (Å²) in [6.07, 6.45) is 0.122. The van der Waals surface area contributed by atoms with Crippen LogP contribution in [0.1, 0.15) is 6.42 Å². The Labute approximate surface area is 146 Å². The maximum atomic E-state index is 13.3. The fourth-order valence-electron chi connectivity index (χ4n) is 2.71. The molecule has 0 saturated carbocycles. The van der Waals surface area contributed by atoms with Crippen LogP contribution in [0, 0.1) is 11.2 Å². The first-order valence-corrected chi connectivity index (χ1v) is 8.38. The molecular weight excluding hydrogens is 349 g/mol. The lowest BCUT2D eigenvalue weighted by Gasteiger charge is -2.16. The third kappa shape index (κ3) is 2.39. The number of anilines is 2. The van der Waals surface area contributed by atoms with Gasteiger partial charge in [0, 0.05) is 10.5 Å². The van der Waals surface area contributed by atoms with Gasteiger partial charge in [0.25, 0.3) is 0 Å². The summed E-state index contributed by atoms with van der Waals surface area (Å²) in [7, 11) is 0. The molecule has 0 aliphatic carbocycles.